The van der Waals surface area contributed by atoms with Crippen LogP contribution in [0.1, 0.15) is 10.4 Å². The van der Waals surface area contributed by atoms with Crippen molar-refractivity contribution in [3.63, 3.8) is 0 Å². The first-order chi connectivity index (χ1) is 13.7. The van der Waals surface area contributed by atoms with Crippen molar-refractivity contribution in [2.75, 3.05) is 39.6 Å². The van der Waals surface area contributed by atoms with Crippen LogP contribution in [-0.4, -0.2) is 94.4 Å². The molecule has 10 nitrogen and oxygen atoms in total. The minimum absolute atomic E-state index is 0.174. The molecule has 0 aliphatic carbocycles. The first-order valence-electron chi connectivity index (χ1n) is 8.28. The molecule has 1 rings (SSSR count). The van der Waals surface area contributed by atoms with Gasteiger partial charge in [0.25, 0.3) is 5.91 Å². The summed E-state index contributed by atoms with van der Waals surface area (Å²) in [5.41, 5.74) is 0.179. The molecule has 0 aromatic heterocycles. The van der Waals surface area contributed by atoms with E-state index in [-0.39, 0.29) is 36.8 Å². The predicted molar refractivity (Wildman–Crippen MR) is 127 cm³/mol. The minimum Gasteiger partial charge on any atom is -0.488 e. The van der Waals surface area contributed by atoms with E-state index in [1.165, 1.54) is 0 Å². The van der Waals surface area contributed by atoms with Gasteiger partial charge in [-0.15, -0.1) is 0 Å². The molecule has 0 aliphatic heterocycles. The second kappa shape index (κ2) is 13.6. The van der Waals surface area contributed by atoms with Crippen LogP contribution in [0.5, 0.6) is 11.5 Å². The maximum absolute atomic E-state index is 12.7. The smallest absolute Gasteiger partial charge is 0.253 e. The Labute approximate surface area is 208 Å². The van der Waals surface area contributed by atoms with Gasteiger partial charge in [0, 0.05) is 6.54 Å². The van der Waals surface area contributed by atoms with Crippen molar-refractivity contribution in [2.24, 2.45) is 0 Å². The molecule has 0 saturated carbocycles. The fourth-order valence-electron chi connectivity index (χ4n) is 1.90. The highest BCUT2D eigenvalue weighted by Gasteiger charge is 2.27. The molecular formula is C16H22I3NO9. The van der Waals surface area contributed by atoms with E-state index >= 15 is 0 Å². The second-order valence-corrected chi connectivity index (χ2v) is 9.05. The molecular weight excluding hydrogens is 731 g/mol. The number of nitrogens with one attached hydrogen (secondary N) is 1. The molecule has 0 heterocycles. The molecule has 29 heavy (non-hydrogen) atoms. The van der Waals surface area contributed by atoms with Crippen LogP contribution < -0.4 is 14.8 Å². The summed E-state index contributed by atoms with van der Waals surface area (Å²) in [6, 6.07) is 0. The van der Waals surface area contributed by atoms with Gasteiger partial charge in [-0.3, -0.25) is 4.79 Å². The largest absolute Gasteiger partial charge is 0.488 e. The standard InChI is InChI=1S/C16H22I3NO9/c17-11-10(16(27)20-1-7(24)2-21)12(18)15(29-6-9(26)4-23)13(19)14(11)28-5-8(25)3-22/h7-9,21-26H,1-6H2,(H,20,27). The Morgan fingerprint density at radius 1 is 0.793 bits per heavy atom. The molecule has 0 aliphatic rings. The first-order valence-corrected chi connectivity index (χ1v) is 11.5. The fraction of sp³-hybridized carbons (Fsp3) is 0.562. The van der Waals surface area contributed by atoms with Gasteiger partial charge in [-0.2, -0.15) is 0 Å². The van der Waals surface area contributed by atoms with Crippen LogP contribution in [0.3, 0.4) is 0 Å². The Morgan fingerprint density at radius 3 is 1.59 bits per heavy atom. The Balaban J connectivity index is 3.34. The molecule has 0 saturated heterocycles. The van der Waals surface area contributed by atoms with E-state index < -0.39 is 44.0 Å². The van der Waals surface area contributed by atoms with Crippen LogP contribution in [-0.2, 0) is 0 Å². The average Bonchev–Trinajstić information content (AvgIpc) is 2.70. The van der Waals surface area contributed by atoms with Crippen molar-refractivity contribution in [3.05, 3.63) is 16.3 Å². The Bertz CT molecular complexity index is 651. The number of aliphatic hydroxyl groups excluding tert-OH is 6. The van der Waals surface area contributed by atoms with Crippen molar-refractivity contribution in [2.45, 2.75) is 18.3 Å². The molecule has 0 fully saturated rings. The number of carbonyl (C=O) groups is 1. The maximum atomic E-state index is 12.7. The van der Waals surface area contributed by atoms with E-state index in [1.807, 2.05) is 67.8 Å². The van der Waals surface area contributed by atoms with E-state index in [9.17, 15) is 20.1 Å². The topological polar surface area (TPSA) is 169 Å². The Kier molecular flexibility index (Phi) is 12.8. The van der Waals surface area contributed by atoms with Gasteiger partial charge in [0.1, 0.15) is 25.4 Å². The Hall–Kier alpha value is 0.240. The van der Waals surface area contributed by atoms with Gasteiger partial charge in [-0.05, 0) is 67.8 Å². The zero-order valence-electron chi connectivity index (χ0n) is 15.0. The zero-order valence-corrected chi connectivity index (χ0v) is 21.5. The summed E-state index contributed by atoms with van der Waals surface area (Å²) < 4.78 is 12.5. The van der Waals surface area contributed by atoms with Crippen LogP contribution >= 0.6 is 67.8 Å². The quantitative estimate of drug-likeness (QED) is 0.133. The van der Waals surface area contributed by atoms with Crippen molar-refractivity contribution in [1.82, 2.24) is 5.32 Å². The van der Waals surface area contributed by atoms with Crippen molar-refractivity contribution < 1.29 is 44.9 Å². The minimum atomic E-state index is -1.13. The average molecular weight is 753 g/mol. The molecule has 7 N–H and O–H groups in total. The summed E-state index contributed by atoms with van der Waals surface area (Å²) in [5, 5.41) is 58.0. The van der Waals surface area contributed by atoms with Gasteiger partial charge in [0.2, 0.25) is 0 Å². The third kappa shape index (κ3) is 8.02. The van der Waals surface area contributed by atoms with Gasteiger partial charge < -0.3 is 45.4 Å². The Morgan fingerprint density at radius 2 is 1.21 bits per heavy atom. The lowest BCUT2D eigenvalue weighted by molar-refractivity contribution is 0.0501. The molecule has 0 spiro atoms. The SMILES string of the molecule is O=C(NCC(O)CO)c1c(I)c(OCC(O)CO)c(I)c(OCC(O)CO)c1I. The van der Waals surface area contributed by atoms with E-state index in [0.717, 1.165) is 0 Å². The third-order valence-electron chi connectivity index (χ3n) is 3.43. The van der Waals surface area contributed by atoms with Crippen LogP contribution in [0.2, 0.25) is 0 Å². The van der Waals surface area contributed by atoms with Gasteiger partial charge in [0.15, 0.2) is 11.5 Å². The summed E-state index contributed by atoms with van der Waals surface area (Å²) in [7, 11) is 0. The molecule has 0 radical (unpaired) electrons. The van der Waals surface area contributed by atoms with E-state index in [2.05, 4.69) is 5.32 Å². The summed E-state index contributed by atoms with van der Waals surface area (Å²) in [6.45, 7) is -2.15. The lowest BCUT2D eigenvalue weighted by atomic mass is 10.1. The van der Waals surface area contributed by atoms with Crippen molar-refractivity contribution in [1.29, 1.82) is 0 Å². The molecule has 3 atom stereocenters. The van der Waals surface area contributed by atoms with Gasteiger partial charge in [-0.25, -0.2) is 0 Å². The highest BCUT2D eigenvalue weighted by molar-refractivity contribution is 14.1. The lowest BCUT2D eigenvalue weighted by Gasteiger charge is -2.21. The fourth-order valence-corrected chi connectivity index (χ4v) is 6.18. The lowest BCUT2D eigenvalue weighted by Crippen LogP contribution is -2.35. The highest BCUT2D eigenvalue weighted by atomic mass is 127. The number of carbonyl (C=O) groups excluding carboxylic acids is 1. The number of ether oxygens (including phenoxy) is 2. The second-order valence-electron chi connectivity index (χ2n) is 5.82. The number of amides is 1. The number of hydrogen-bond acceptors (Lipinski definition) is 9. The van der Waals surface area contributed by atoms with Gasteiger partial charge in [0.05, 0.1) is 42.2 Å². The summed E-state index contributed by atoms with van der Waals surface area (Å²) in [6.07, 6.45) is -3.37. The van der Waals surface area contributed by atoms with Crippen molar-refractivity contribution in [3.8, 4) is 11.5 Å². The van der Waals surface area contributed by atoms with Gasteiger partial charge >= 0.3 is 0 Å². The van der Waals surface area contributed by atoms with Crippen LogP contribution in [0.15, 0.2) is 0 Å². The van der Waals surface area contributed by atoms with Crippen molar-refractivity contribution >= 4 is 73.7 Å². The summed E-state index contributed by atoms with van der Waals surface area (Å²) in [4.78, 5) is 12.7. The highest BCUT2D eigenvalue weighted by Crippen LogP contribution is 2.41. The van der Waals surface area contributed by atoms with E-state index in [1.54, 1.807) is 0 Å². The number of benzene rings is 1. The zero-order chi connectivity index (χ0) is 22.1. The molecule has 166 valence electrons. The predicted octanol–water partition coefficient (Wildman–Crippen LogP) is -0.953. The van der Waals surface area contributed by atoms with Crippen LogP contribution in [0, 0.1) is 10.7 Å². The maximum Gasteiger partial charge on any atom is 0.253 e. The molecule has 1 aromatic rings. The first kappa shape index (κ1) is 27.3. The monoisotopic (exact) mass is 753 g/mol. The summed E-state index contributed by atoms with van der Waals surface area (Å²) >= 11 is 5.74. The van der Waals surface area contributed by atoms with E-state index in [4.69, 9.17) is 24.8 Å². The van der Waals surface area contributed by atoms with Crippen LogP contribution in [0.25, 0.3) is 0 Å². The van der Waals surface area contributed by atoms with E-state index in [0.29, 0.717) is 10.7 Å². The number of hydrogen-bond donors (Lipinski definition) is 7. The number of halogens is 3. The summed E-state index contributed by atoms with van der Waals surface area (Å²) in [5.74, 6) is -0.0799. The molecule has 1 aromatic carbocycles. The molecule has 3 unspecified atom stereocenters. The van der Waals surface area contributed by atoms with Crippen LogP contribution in [0.4, 0.5) is 0 Å². The van der Waals surface area contributed by atoms with Gasteiger partial charge in [-0.1, -0.05) is 0 Å². The number of aliphatic hydroxyl groups is 6. The third-order valence-corrected chi connectivity index (χ3v) is 6.47. The normalized spacial score (nSPS) is 14.2. The molecule has 0 bridgehead atoms. The molecule has 13 heteroatoms. The number of rotatable bonds is 12. The molecule has 1 amide bonds.